The Hall–Kier alpha value is -1.04. The van der Waals surface area contributed by atoms with Crippen LogP contribution in [0.4, 0.5) is 0 Å². The largest absolute Gasteiger partial charge is 0.462 e. The number of nitrogens with zero attached hydrogens (tertiary/aromatic N) is 1. The molecule has 3 heteroatoms. The number of carbonyl (C=O) groups is 1. The fourth-order valence-electron chi connectivity index (χ4n) is 6.64. The predicted octanol–water partition coefficient (Wildman–Crippen LogP) is 7.59. The lowest BCUT2D eigenvalue weighted by molar-refractivity contribution is -0.158. The van der Waals surface area contributed by atoms with E-state index in [-0.39, 0.29) is 23.4 Å². The number of carbonyl (C=O) groups excluding carboxylic acids is 1. The summed E-state index contributed by atoms with van der Waals surface area (Å²) in [7, 11) is 0. The van der Waals surface area contributed by atoms with E-state index < -0.39 is 0 Å². The van der Waals surface area contributed by atoms with Crippen LogP contribution in [0.5, 0.6) is 0 Å². The van der Waals surface area contributed by atoms with Gasteiger partial charge in [-0.1, -0.05) is 52.4 Å². The van der Waals surface area contributed by atoms with Crippen LogP contribution < -0.4 is 0 Å². The number of hydrogen-bond donors (Lipinski definition) is 0. The van der Waals surface area contributed by atoms with Crippen molar-refractivity contribution in [1.29, 1.82) is 5.26 Å². The summed E-state index contributed by atoms with van der Waals surface area (Å²) < 4.78 is 5.95. The fourth-order valence-corrected chi connectivity index (χ4v) is 6.64. The van der Waals surface area contributed by atoms with Gasteiger partial charge in [-0.05, 0) is 88.4 Å². The van der Waals surface area contributed by atoms with Gasteiger partial charge in [0.05, 0.1) is 17.4 Å². The van der Waals surface area contributed by atoms with E-state index in [9.17, 15) is 10.1 Å². The number of rotatable bonds is 8. The molecule has 0 aromatic heterocycles. The van der Waals surface area contributed by atoms with Crippen LogP contribution in [0, 0.1) is 40.4 Å². The first kappa shape index (κ1) is 23.6. The average molecular weight is 416 g/mol. The molecule has 170 valence electrons. The molecular weight excluding hydrogens is 370 g/mol. The summed E-state index contributed by atoms with van der Waals surface area (Å²) in [6, 6.07) is 2.59. The lowest BCUT2D eigenvalue weighted by Gasteiger charge is -2.38. The first-order valence-corrected chi connectivity index (χ1v) is 13.2. The van der Waals surface area contributed by atoms with Crippen LogP contribution in [0.1, 0.15) is 123 Å². The third-order valence-corrected chi connectivity index (χ3v) is 8.78. The van der Waals surface area contributed by atoms with E-state index in [0.29, 0.717) is 0 Å². The van der Waals surface area contributed by atoms with Crippen LogP contribution in [0.15, 0.2) is 0 Å². The van der Waals surface area contributed by atoms with Gasteiger partial charge in [0.1, 0.15) is 6.10 Å². The maximum absolute atomic E-state index is 12.8. The van der Waals surface area contributed by atoms with Crippen LogP contribution in [0.3, 0.4) is 0 Å². The highest BCUT2D eigenvalue weighted by molar-refractivity contribution is 5.72. The molecule has 0 aliphatic heterocycles. The lowest BCUT2D eigenvalue weighted by Crippen LogP contribution is -2.34. The van der Waals surface area contributed by atoms with Gasteiger partial charge in [0.15, 0.2) is 0 Å². The monoisotopic (exact) mass is 415 g/mol. The lowest BCUT2D eigenvalue weighted by atomic mass is 9.68. The van der Waals surface area contributed by atoms with Crippen molar-refractivity contribution in [2.24, 2.45) is 29.1 Å². The van der Waals surface area contributed by atoms with Gasteiger partial charge in [-0.2, -0.15) is 5.26 Å². The van der Waals surface area contributed by atoms with Crippen molar-refractivity contribution in [3.8, 4) is 6.07 Å². The highest BCUT2D eigenvalue weighted by Crippen LogP contribution is 2.44. The molecule has 3 rings (SSSR count). The number of esters is 1. The molecule has 0 unspecified atom stereocenters. The molecule has 0 aromatic carbocycles. The summed E-state index contributed by atoms with van der Waals surface area (Å²) in [4.78, 5) is 12.8. The first-order valence-electron chi connectivity index (χ1n) is 13.2. The van der Waals surface area contributed by atoms with Crippen molar-refractivity contribution in [2.75, 3.05) is 0 Å². The van der Waals surface area contributed by atoms with Crippen molar-refractivity contribution in [3.63, 3.8) is 0 Å². The standard InChI is InChI=1S/C27H45NO2/c1-3-5-17-27(20-28)18-15-25(16-19-27)30-26(29)24-13-11-23(12-14-24)22-9-7-21(6-4-2)8-10-22/h21-25H,3-19H2,1-2H3. The molecule has 0 heterocycles. The highest BCUT2D eigenvalue weighted by atomic mass is 16.5. The predicted molar refractivity (Wildman–Crippen MR) is 122 cm³/mol. The second kappa shape index (κ2) is 11.5. The molecule has 0 spiro atoms. The molecule has 30 heavy (non-hydrogen) atoms. The zero-order chi connectivity index (χ0) is 21.4. The Labute approximate surface area is 185 Å². The van der Waals surface area contributed by atoms with E-state index in [1.807, 2.05) is 0 Å². The molecule has 0 aromatic rings. The summed E-state index contributed by atoms with van der Waals surface area (Å²) >= 11 is 0. The number of ether oxygens (including phenoxy) is 1. The molecule has 3 aliphatic rings. The third-order valence-electron chi connectivity index (χ3n) is 8.78. The Kier molecular flexibility index (Phi) is 9.09. The van der Waals surface area contributed by atoms with Gasteiger partial charge in [0, 0.05) is 0 Å². The van der Waals surface area contributed by atoms with Gasteiger partial charge in [-0.25, -0.2) is 0 Å². The third kappa shape index (κ3) is 6.24. The normalized spacial score (nSPS) is 37.3. The Morgan fingerprint density at radius 2 is 1.50 bits per heavy atom. The van der Waals surface area contributed by atoms with Gasteiger partial charge < -0.3 is 4.74 Å². The minimum atomic E-state index is -0.160. The maximum atomic E-state index is 12.8. The van der Waals surface area contributed by atoms with Crippen molar-refractivity contribution in [1.82, 2.24) is 0 Å². The van der Waals surface area contributed by atoms with Gasteiger partial charge in [-0.3, -0.25) is 4.79 Å². The van der Waals surface area contributed by atoms with E-state index >= 15 is 0 Å². The van der Waals surface area contributed by atoms with Crippen molar-refractivity contribution >= 4 is 5.97 Å². The molecule has 3 aliphatic carbocycles. The van der Waals surface area contributed by atoms with Crippen LogP contribution >= 0.6 is 0 Å². The molecule has 0 atom stereocenters. The maximum Gasteiger partial charge on any atom is 0.309 e. The zero-order valence-electron chi connectivity index (χ0n) is 19.7. The van der Waals surface area contributed by atoms with E-state index in [4.69, 9.17) is 4.74 Å². The van der Waals surface area contributed by atoms with Gasteiger partial charge in [0.2, 0.25) is 0 Å². The minimum Gasteiger partial charge on any atom is -0.462 e. The topological polar surface area (TPSA) is 50.1 Å². The summed E-state index contributed by atoms with van der Waals surface area (Å²) in [6.07, 6.45) is 19.8. The quantitative estimate of drug-likeness (QED) is 0.384. The molecule has 3 fully saturated rings. The summed E-state index contributed by atoms with van der Waals surface area (Å²) in [5.41, 5.74) is -0.160. The summed E-state index contributed by atoms with van der Waals surface area (Å²) in [6.45, 7) is 4.50. The minimum absolute atomic E-state index is 0.0483. The molecule has 0 bridgehead atoms. The van der Waals surface area contributed by atoms with Crippen molar-refractivity contribution in [3.05, 3.63) is 0 Å². The van der Waals surface area contributed by atoms with Gasteiger partial charge in [-0.15, -0.1) is 0 Å². The first-order chi connectivity index (χ1) is 14.6. The Morgan fingerprint density at radius 1 is 0.900 bits per heavy atom. The Balaban J connectivity index is 1.36. The van der Waals surface area contributed by atoms with Crippen LogP contribution in [0.2, 0.25) is 0 Å². The van der Waals surface area contributed by atoms with Crippen LogP contribution in [-0.4, -0.2) is 12.1 Å². The SMILES string of the molecule is CCCCC1(C#N)CCC(OC(=O)C2CCC(C3CCC(CCC)CC3)CC2)CC1. The Morgan fingerprint density at radius 3 is 2.03 bits per heavy atom. The van der Waals surface area contributed by atoms with E-state index in [1.54, 1.807) is 0 Å². The molecular formula is C27H45NO2. The second-order valence-corrected chi connectivity index (χ2v) is 10.8. The molecule has 0 saturated heterocycles. The molecule has 0 radical (unpaired) electrons. The average Bonchev–Trinajstić information content (AvgIpc) is 2.80. The number of nitriles is 1. The number of unbranched alkanes of at least 4 members (excludes halogenated alkanes) is 1. The summed E-state index contributed by atoms with van der Waals surface area (Å²) in [5, 5.41) is 9.66. The van der Waals surface area contributed by atoms with Crippen molar-refractivity contribution < 1.29 is 9.53 Å². The molecule has 0 N–H and O–H groups in total. The van der Waals surface area contributed by atoms with Crippen LogP contribution in [0.25, 0.3) is 0 Å². The van der Waals surface area contributed by atoms with Gasteiger partial charge in [0.25, 0.3) is 0 Å². The smallest absolute Gasteiger partial charge is 0.309 e. The van der Waals surface area contributed by atoms with Crippen molar-refractivity contribution in [2.45, 2.75) is 129 Å². The highest BCUT2D eigenvalue weighted by Gasteiger charge is 2.38. The Bertz CT molecular complexity index is 556. The van der Waals surface area contributed by atoms with Gasteiger partial charge >= 0.3 is 5.97 Å². The van der Waals surface area contributed by atoms with Crippen LogP contribution in [-0.2, 0) is 9.53 Å². The zero-order valence-corrected chi connectivity index (χ0v) is 19.7. The molecule has 0 amide bonds. The van der Waals surface area contributed by atoms with E-state index in [0.717, 1.165) is 75.5 Å². The van der Waals surface area contributed by atoms with E-state index in [2.05, 4.69) is 19.9 Å². The number of hydrogen-bond acceptors (Lipinski definition) is 3. The molecule has 3 nitrogen and oxygen atoms in total. The fraction of sp³-hybridized carbons (Fsp3) is 0.926. The second-order valence-electron chi connectivity index (χ2n) is 10.8. The molecule has 3 saturated carbocycles. The summed E-state index contributed by atoms with van der Waals surface area (Å²) in [5.74, 6) is 2.93. The van der Waals surface area contributed by atoms with E-state index in [1.165, 1.54) is 51.4 Å².